The van der Waals surface area contributed by atoms with Crippen molar-refractivity contribution in [2.75, 3.05) is 31.6 Å². The standard InChI is InChI=1S/C27H29N3O3/c1-20(22-7-3-2-4-8-22)28-27(32)24-9-5-6-10-25(24)29-26(31)23-13-11-21(12-14-23)19-30-15-17-33-18-16-30/h2-14,20H,15-19H2,1H3,(H,28,32)(H,29,31). The van der Waals surface area contributed by atoms with Crippen LogP contribution in [-0.4, -0.2) is 43.0 Å². The number of nitrogens with one attached hydrogen (secondary N) is 2. The second-order valence-electron chi connectivity index (χ2n) is 8.19. The summed E-state index contributed by atoms with van der Waals surface area (Å²) in [5.74, 6) is -0.479. The minimum atomic E-state index is -0.246. The summed E-state index contributed by atoms with van der Waals surface area (Å²) in [5.41, 5.74) is 3.64. The molecular formula is C27H29N3O3. The normalized spacial score (nSPS) is 14.9. The Kier molecular flexibility index (Phi) is 7.50. The zero-order valence-electron chi connectivity index (χ0n) is 18.8. The van der Waals surface area contributed by atoms with Crippen molar-refractivity contribution >= 4 is 17.5 Å². The summed E-state index contributed by atoms with van der Waals surface area (Å²) < 4.78 is 5.39. The van der Waals surface area contributed by atoms with Crippen molar-refractivity contribution in [3.05, 3.63) is 101 Å². The van der Waals surface area contributed by atoms with Crippen LogP contribution in [0.25, 0.3) is 0 Å². The summed E-state index contributed by atoms with van der Waals surface area (Å²) in [6.45, 7) is 6.14. The number of para-hydroxylation sites is 1. The van der Waals surface area contributed by atoms with E-state index in [0.29, 0.717) is 16.8 Å². The highest BCUT2D eigenvalue weighted by Crippen LogP contribution is 2.19. The molecule has 2 N–H and O–H groups in total. The highest BCUT2D eigenvalue weighted by Gasteiger charge is 2.17. The predicted molar refractivity (Wildman–Crippen MR) is 129 cm³/mol. The van der Waals surface area contributed by atoms with Gasteiger partial charge in [0.1, 0.15) is 0 Å². The fourth-order valence-electron chi connectivity index (χ4n) is 3.86. The molecule has 1 fully saturated rings. The molecule has 1 heterocycles. The van der Waals surface area contributed by atoms with E-state index in [4.69, 9.17) is 4.74 Å². The van der Waals surface area contributed by atoms with Crippen LogP contribution >= 0.6 is 0 Å². The third kappa shape index (κ3) is 6.06. The van der Waals surface area contributed by atoms with Gasteiger partial charge in [0.25, 0.3) is 11.8 Å². The number of benzene rings is 3. The average Bonchev–Trinajstić information content (AvgIpc) is 2.86. The number of morpholine rings is 1. The third-order valence-electron chi connectivity index (χ3n) is 5.79. The van der Waals surface area contributed by atoms with E-state index in [1.807, 2.05) is 61.5 Å². The topological polar surface area (TPSA) is 70.7 Å². The Labute approximate surface area is 194 Å². The van der Waals surface area contributed by atoms with Gasteiger partial charge in [0, 0.05) is 25.2 Å². The lowest BCUT2D eigenvalue weighted by molar-refractivity contribution is 0.0342. The Bertz CT molecular complexity index is 1080. The fraction of sp³-hybridized carbons (Fsp3) is 0.259. The number of ether oxygens (including phenoxy) is 1. The van der Waals surface area contributed by atoms with Gasteiger partial charge in [-0.1, -0.05) is 54.6 Å². The lowest BCUT2D eigenvalue weighted by Crippen LogP contribution is -2.35. The molecule has 1 aliphatic rings. The Morgan fingerprint density at radius 2 is 1.55 bits per heavy atom. The van der Waals surface area contributed by atoms with E-state index < -0.39 is 0 Å². The van der Waals surface area contributed by atoms with Gasteiger partial charge in [-0.3, -0.25) is 14.5 Å². The van der Waals surface area contributed by atoms with Crippen LogP contribution in [0.2, 0.25) is 0 Å². The predicted octanol–water partition coefficient (Wildman–Crippen LogP) is 4.26. The molecule has 1 unspecified atom stereocenters. The quantitative estimate of drug-likeness (QED) is 0.572. The Balaban J connectivity index is 1.40. The second kappa shape index (κ2) is 10.9. The lowest BCUT2D eigenvalue weighted by Gasteiger charge is -2.26. The molecule has 0 spiro atoms. The molecule has 3 aromatic carbocycles. The number of amides is 2. The number of carbonyl (C=O) groups excluding carboxylic acids is 2. The summed E-state index contributed by atoms with van der Waals surface area (Å²) in [6, 6.07) is 24.3. The van der Waals surface area contributed by atoms with E-state index in [-0.39, 0.29) is 17.9 Å². The minimum absolute atomic E-state index is 0.151. The molecule has 0 bridgehead atoms. The summed E-state index contributed by atoms with van der Waals surface area (Å²) in [7, 11) is 0. The maximum absolute atomic E-state index is 12.9. The molecule has 0 saturated carbocycles. The third-order valence-corrected chi connectivity index (χ3v) is 5.79. The fourth-order valence-corrected chi connectivity index (χ4v) is 3.86. The van der Waals surface area contributed by atoms with Crippen molar-refractivity contribution in [3.8, 4) is 0 Å². The number of nitrogens with zero attached hydrogens (tertiary/aromatic N) is 1. The molecular weight excluding hydrogens is 414 g/mol. The molecule has 0 aromatic heterocycles. The molecule has 1 atom stereocenters. The molecule has 4 rings (SSSR count). The van der Waals surface area contributed by atoms with Crippen molar-refractivity contribution in [3.63, 3.8) is 0 Å². The monoisotopic (exact) mass is 443 g/mol. The van der Waals surface area contributed by atoms with E-state index >= 15 is 0 Å². The summed E-state index contributed by atoms with van der Waals surface area (Å²) >= 11 is 0. The molecule has 0 radical (unpaired) electrons. The summed E-state index contributed by atoms with van der Waals surface area (Å²) in [4.78, 5) is 28.1. The lowest BCUT2D eigenvalue weighted by atomic mass is 10.1. The van der Waals surface area contributed by atoms with Crippen LogP contribution in [0, 0.1) is 0 Å². The van der Waals surface area contributed by atoms with Crippen LogP contribution in [0.15, 0.2) is 78.9 Å². The second-order valence-corrected chi connectivity index (χ2v) is 8.19. The van der Waals surface area contributed by atoms with Crippen molar-refractivity contribution in [2.24, 2.45) is 0 Å². The number of carbonyl (C=O) groups is 2. The maximum atomic E-state index is 12.9. The smallest absolute Gasteiger partial charge is 0.255 e. The first kappa shape index (κ1) is 22.7. The van der Waals surface area contributed by atoms with Gasteiger partial charge in [0.05, 0.1) is 30.5 Å². The number of hydrogen-bond donors (Lipinski definition) is 2. The number of anilines is 1. The molecule has 33 heavy (non-hydrogen) atoms. The zero-order valence-corrected chi connectivity index (χ0v) is 18.8. The molecule has 1 saturated heterocycles. The highest BCUT2D eigenvalue weighted by molar-refractivity contribution is 6.09. The van der Waals surface area contributed by atoms with Crippen molar-refractivity contribution < 1.29 is 14.3 Å². The molecule has 6 heteroatoms. The van der Waals surface area contributed by atoms with Crippen LogP contribution in [0.3, 0.4) is 0 Å². The van der Waals surface area contributed by atoms with E-state index in [2.05, 4.69) is 15.5 Å². The van der Waals surface area contributed by atoms with Gasteiger partial charge in [-0.15, -0.1) is 0 Å². The van der Waals surface area contributed by atoms with Crippen LogP contribution in [0.1, 0.15) is 44.8 Å². The first-order valence-corrected chi connectivity index (χ1v) is 11.3. The Morgan fingerprint density at radius 1 is 0.879 bits per heavy atom. The molecule has 6 nitrogen and oxygen atoms in total. The van der Waals surface area contributed by atoms with E-state index in [1.165, 1.54) is 0 Å². The highest BCUT2D eigenvalue weighted by atomic mass is 16.5. The largest absolute Gasteiger partial charge is 0.379 e. The first-order chi connectivity index (χ1) is 16.1. The SMILES string of the molecule is CC(NC(=O)c1ccccc1NC(=O)c1ccc(CN2CCOCC2)cc1)c1ccccc1. The van der Waals surface area contributed by atoms with Gasteiger partial charge >= 0.3 is 0 Å². The van der Waals surface area contributed by atoms with Gasteiger partial charge in [-0.05, 0) is 42.3 Å². The van der Waals surface area contributed by atoms with Crippen LogP contribution < -0.4 is 10.6 Å². The maximum Gasteiger partial charge on any atom is 0.255 e. The Morgan fingerprint density at radius 3 is 2.27 bits per heavy atom. The molecule has 0 aliphatic carbocycles. The molecule has 2 amide bonds. The van der Waals surface area contributed by atoms with E-state index in [9.17, 15) is 9.59 Å². The molecule has 170 valence electrons. The van der Waals surface area contributed by atoms with Crippen molar-refractivity contribution in [1.82, 2.24) is 10.2 Å². The van der Waals surface area contributed by atoms with Gasteiger partial charge in [-0.25, -0.2) is 0 Å². The van der Waals surface area contributed by atoms with Gasteiger partial charge in [-0.2, -0.15) is 0 Å². The minimum Gasteiger partial charge on any atom is -0.379 e. The van der Waals surface area contributed by atoms with Gasteiger partial charge in [0.15, 0.2) is 0 Å². The molecule has 1 aliphatic heterocycles. The van der Waals surface area contributed by atoms with Crippen LogP contribution in [0.5, 0.6) is 0 Å². The van der Waals surface area contributed by atoms with Crippen LogP contribution in [0.4, 0.5) is 5.69 Å². The van der Waals surface area contributed by atoms with Gasteiger partial charge in [0.2, 0.25) is 0 Å². The number of rotatable bonds is 7. The van der Waals surface area contributed by atoms with E-state index in [1.54, 1.807) is 24.3 Å². The van der Waals surface area contributed by atoms with Crippen LogP contribution in [-0.2, 0) is 11.3 Å². The zero-order chi connectivity index (χ0) is 23.0. The average molecular weight is 444 g/mol. The first-order valence-electron chi connectivity index (χ1n) is 11.3. The van der Waals surface area contributed by atoms with Gasteiger partial charge < -0.3 is 15.4 Å². The van der Waals surface area contributed by atoms with Crippen molar-refractivity contribution in [1.29, 1.82) is 0 Å². The summed E-state index contributed by atoms with van der Waals surface area (Å²) in [5, 5.41) is 5.90. The van der Waals surface area contributed by atoms with E-state index in [0.717, 1.165) is 44.0 Å². The van der Waals surface area contributed by atoms with Crippen molar-refractivity contribution in [2.45, 2.75) is 19.5 Å². The molecule has 3 aromatic rings. The Hall–Kier alpha value is -3.48. The number of hydrogen-bond acceptors (Lipinski definition) is 4. The summed E-state index contributed by atoms with van der Waals surface area (Å²) in [6.07, 6.45) is 0.